The summed E-state index contributed by atoms with van der Waals surface area (Å²) in [7, 11) is 0. The first-order chi connectivity index (χ1) is 12.5. The smallest absolute Gasteiger partial charge is 0.417 e. The summed E-state index contributed by atoms with van der Waals surface area (Å²) in [6.07, 6.45) is -4.90. The third-order valence-electron chi connectivity index (χ3n) is 4.60. The molecule has 0 saturated carbocycles. The molecule has 2 N–H and O–H groups in total. The lowest BCUT2D eigenvalue weighted by molar-refractivity contribution is -0.137. The molecule has 0 fully saturated rings. The van der Waals surface area contributed by atoms with E-state index in [4.69, 9.17) is 0 Å². The molecule has 0 bridgehead atoms. The van der Waals surface area contributed by atoms with E-state index in [9.17, 15) is 23.1 Å². The number of nitrogens with one attached hydrogen (secondary N) is 1. The summed E-state index contributed by atoms with van der Waals surface area (Å²) in [5.74, 6) is -1.09. The van der Waals surface area contributed by atoms with E-state index in [0.717, 1.165) is 11.6 Å². The standard InChI is InChI=1S/C21H20F3NO2/c1-20(2,3)12-8-9-17-14(10-12)15(11-18(26)27)19(25-17)13-6-4-5-7-16(13)21(22,23)24/h4-10,25H,11H2,1-3H3,(H,26,27). The van der Waals surface area contributed by atoms with Crippen molar-refractivity contribution in [3.63, 3.8) is 0 Å². The number of hydrogen-bond acceptors (Lipinski definition) is 1. The van der Waals surface area contributed by atoms with Crippen LogP contribution in [0.3, 0.4) is 0 Å². The van der Waals surface area contributed by atoms with E-state index < -0.39 is 17.7 Å². The minimum atomic E-state index is -4.54. The maximum atomic E-state index is 13.5. The van der Waals surface area contributed by atoms with E-state index in [1.165, 1.54) is 18.2 Å². The molecule has 0 amide bonds. The number of carboxylic acids is 1. The molecule has 27 heavy (non-hydrogen) atoms. The summed E-state index contributed by atoms with van der Waals surface area (Å²) >= 11 is 0. The Balaban J connectivity index is 2.33. The normalized spacial score (nSPS) is 12.5. The van der Waals surface area contributed by atoms with Crippen molar-refractivity contribution < 1.29 is 23.1 Å². The maximum Gasteiger partial charge on any atom is 0.417 e. The Hall–Kier alpha value is -2.76. The van der Waals surface area contributed by atoms with Gasteiger partial charge in [0.2, 0.25) is 0 Å². The van der Waals surface area contributed by atoms with Crippen molar-refractivity contribution in [1.82, 2.24) is 4.98 Å². The monoisotopic (exact) mass is 375 g/mol. The van der Waals surface area contributed by atoms with E-state index in [-0.39, 0.29) is 23.1 Å². The minimum Gasteiger partial charge on any atom is -0.481 e. The number of benzene rings is 2. The topological polar surface area (TPSA) is 53.1 Å². The van der Waals surface area contributed by atoms with Gasteiger partial charge in [0.15, 0.2) is 0 Å². The number of H-pyrrole nitrogens is 1. The average molecular weight is 375 g/mol. The number of rotatable bonds is 3. The lowest BCUT2D eigenvalue weighted by Crippen LogP contribution is -2.10. The molecule has 0 spiro atoms. The van der Waals surface area contributed by atoms with Crippen LogP contribution in [0.15, 0.2) is 42.5 Å². The Morgan fingerprint density at radius 3 is 2.33 bits per heavy atom. The van der Waals surface area contributed by atoms with Crippen molar-refractivity contribution >= 4 is 16.9 Å². The van der Waals surface area contributed by atoms with E-state index in [1.54, 1.807) is 6.07 Å². The van der Waals surface area contributed by atoms with Gasteiger partial charge in [0.05, 0.1) is 17.7 Å². The Morgan fingerprint density at radius 2 is 1.74 bits per heavy atom. The molecule has 0 aliphatic carbocycles. The van der Waals surface area contributed by atoms with Gasteiger partial charge < -0.3 is 10.1 Å². The van der Waals surface area contributed by atoms with Crippen LogP contribution in [0.4, 0.5) is 13.2 Å². The highest BCUT2D eigenvalue weighted by atomic mass is 19.4. The summed E-state index contributed by atoms with van der Waals surface area (Å²) in [5.41, 5.74) is 1.15. The third kappa shape index (κ3) is 3.70. The fourth-order valence-electron chi connectivity index (χ4n) is 3.23. The number of carboxylic acid groups (broad SMARTS) is 1. The van der Waals surface area contributed by atoms with Gasteiger partial charge in [0.1, 0.15) is 0 Å². The van der Waals surface area contributed by atoms with Gasteiger partial charge in [-0.05, 0) is 34.7 Å². The van der Waals surface area contributed by atoms with Crippen LogP contribution in [-0.4, -0.2) is 16.1 Å². The number of hydrogen-bond donors (Lipinski definition) is 2. The quantitative estimate of drug-likeness (QED) is 0.610. The summed E-state index contributed by atoms with van der Waals surface area (Å²) in [5, 5.41) is 9.97. The van der Waals surface area contributed by atoms with E-state index in [1.807, 2.05) is 32.9 Å². The molecule has 3 aromatic rings. The van der Waals surface area contributed by atoms with E-state index in [2.05, 4.69) is 4.98 Å². The molecular weight excluding hydrogens is 355 g/mol. The predicted octanol–water partition coefficient (Wildman–Crippen LogP) is 5.78. The van der Waals surface area contributed by atoms with Gasteiger partial charge in [-0.2, -0.15) is 13.2 Å². The number of fused-ring (bicyclic) bond motifs is 1. The van der Waals surface area contributed by atoms with Crippen molar-refractivity contribution in [2.75, 3.05) is 0 Å². The number of carbonyl (C=O) groups is 1. The van der Waals surface area contributed by atoms with Crippen molar-refractivity contribution in [2.45, 2.75) is 38.8 Å². The number of aliphatic carboxylic acids is 1. The molecule has 142 valence electrons. The number of aromatic amines is 1. The van der Waals surface area contributed by atoms with Crippen LogP contribution in [0.5, 0.6) is 0 Å². The van der Waals surface area contributed by atoms with Crippen LogP contribution in [0.1, 0.15) is 37.5 Å². The van der Waals surface area contributed by atoms with Gasteiger partial charge in [-0.25, -0.2) is 0 Å². The molecule has 0 atom stereocenters. The zero-order valence-corrected chi connectivity index (χ0v) is 15.2. The molecule has 3 rings (SSSR count). The van der Waals surface area contributed by atoms with Gasteiger partial charge in [-0.1, -0.05) is 45.0 Å². The maximum absolute atomic E-state index is 13.5. The molecule has 1 heterocycles. The molecule has 2 aromatic carbocycles. The Labute approximate surface area is 154 Å². The average Bonchev–Trinajstić information content (AvgIpc) is 2.90. The first-order valence-corrected chi connectivity index (χ1v) is 8.52. The van der Waals surface area contributed by atoms with Gasteiger partial charge in [0.25, 0.3) is 0 Å². The van der Waals surface area contributed by atoms with Crippen molar-refractivity contribution in [1.29, 1.82) is 0 Å². The molecule has 3 nitrogen and oxygen atoms in total. The first kappa shape index (κ1) is 19.0. The van der Waals surface area contributed by atoms with E-state index in [0.29, 0.717) is 16.5 Å². The molecule has 0 aliphatic heterocycles. The summed E-state index contributed by atoms with van der Waals surface area (Å²) in [4.78, 5) is 14.4. The lowest BCUT2D eigenvalue weighted by atomic mass is 9.86. The van der Waals surface area contributed by atoms with Gasteiger partial charge in [-0.15, -0.1) is 0 Å². The SMILES string of the molecule is CC(C)(C)c1ccc2[nH]c(-c3ccccc3C(F)(F)F)c(CC(=O)O)c2c1. The van der Waals surface area contributed by atoms with Gasteiger partial charge in [0, 0.05) is 16.5 Å². The highest BCUT2D eigenvalue weighted by Gasteiger charge is 2.34. The first-order valence-electron chi connectivity index (χ1n) is 8.52. The fraction of sp³-hybridized carbons (Fsp3) is 0.286. The molecule has 6 heteroatoms. The molecule has 0 aliphatic rings. The predicted molar refractivity (Wildman–Crippen MR) is 98.8 cm³/mol. The summed E-state index contributed by atoms with van der Waals surface area (Å²) < 4.78 is 40.4. The highest BCUT2D eigenvalue weighted by Crippen LogP contribution is 2.40. The lowest BCUT2D eigenvalue weighted by Gasteiger charge is -2.19. The molecule has 0 unspecified atom stereocenters. The van der Waals surface area contributed by atoms with Gasteiger partial charge in [-0.3, -0.25) is 4.79 Å². The number of halogens is 3. The van der Waals surface area contributed by atoms with Gasteiger partial charge >= 0.3 is 12.1 Å². The highest BCUT2D eigenvalue weighted by molar-refractivity contribution is 5.95. The molecule has 1 aromatic heterocycles. The fourth-order valence-corrected chi connectivity index (χ4v) is 3.23. The van der Waals surface area contributed by atoms with Crippen molar-refractivity contribution in [3.05, 3.63) is 59.2 Å². The number of aromatic nitrogens is 1. The zero-order chi connectivity index (χ0) is 20.0. The van der Waals surface area contributed by atoms with Crippen LogP contribution in [0.25, 0.3) is 22.2 Å². The van der Waals surface area contributed by atoms with Crippen LogP contribution in [-0.2, 0) is 22.8 Å². The van der Waals surface area contributed by atoms with Crippen LogP contribution in [0.2, 0.25) is 0 Å². The second kappa shape index (κ2) is 6.44. The summed E-state index contributed by atoms with van der Waals surface area (Å²) in [6.45, 7) is 6.08. The molecular formula is C21H20F3NO2. The van der Waals surface area contributed by atoms with E-state index >= 15 is 0 Å². The van der Waals surface area contributed by atoms with Crippen molar-refractivity contribution in [3.8, 4) is 11.3 Å². The van der Waals surface area contributed by atoms with Crippen molar-refractivity contribution in [2.24, 2.45) is 0 Å². The van der Waals surface area contributed by atoms with Crippen LogP contribution in [0, 0.1) is 0 Å². The Bertz CT molecular complexity index is 1010. The Kier molecular flexibility index (Phi) is 4.54. The Morgan fingerprint density at radius 1 is 1.07 bits per heavy atom. The summed E-state index contributed by atoms with van der Waals surface area (Å²) in [6, 6.07) is 10.8. The minimum absolute atomic E-state index is 0.0465. The van der Waals surface area contributed by atoms with Crippen LogP contribution >= 0.6 is 0 Å². The molecule has 0 saturated heterocycles. The second-order valence-electron chi connectivity index (χ2n) is 7.60. The van der Waals surface area contributed by atoms with Crippen LogP contribution < -0.4 is 0 Å². The third-order valence-corrected chi connectivity index (χ3v) is 4.60. The second-order valence-corrected chi connectivity index (χ2v) is 7.60. The zero-order valence-electron chi connectivity index (χ0n) is 15.2. The number of alkyl halides is 3. The molecule has 0 radical (unpaired) electrons. The largest absolute Gasteiger partial charge is 0.481 e.